The Labute approximate surface area is 113 Å². The lowest BCUT2D eigenvalue weighted by molar-refractivity contribution is -0.117. The third-order valence-electron chi connectivity index (χ3n) is 3.12. The summed E-state index contributed by atoms with van der Waals surface area (Å²) in [6.45, 7) is 0.946. The number of fused-ring (bicyclic) bond motifs is 1. The molecule has 19 heavy (non-hydrogen) atoms. The minimum Gasteiger partial charge on any atom is -0.288 e. The molecule has 1 unspecified atom stereocenters. The number of amides is 1. The zero-order chi connectivity index (χ0) is 13.2. The van der Waals surface area contributed by atoms with Crippen molar-refractivity contribution in [3.05, 3.63) is 34.7 Å². The Balaban J connectivity index is 1.85. The largest absolute Gasteiger partial charge is 0.288 e. The van der Waals surface area contributed by atoms with E-state index in [4.69, 9.17) is 5.53 Å². The maximum Gasteiger partial charge on any atom is 0.229 e. The van der Waals surface area contributed by atoms with E-state index in [9.17, 15) is 4.79 Å². The molecule has 96 valence electrons. The van der Waals surface area contributed by atoms with Gasteiger partial charge >= 0.3 is 0 Å². The summed E-state index contributed by atoms with van der Waals surface area (Å²) in [5.41, 5.74) is 9.23. The number of para-hydroxylation sites is 1. The van der Waals surface area contributed by atoms with E-state index in [1.165, 1.54) is 11.3 Å². The second-order valence-corrected chi connectivity index (χ2v) is 5.46. The summed E-state index contributed by atoms with van der Waals surface area (Å²) in [7, 11) is 0. The maximum absolute atomic E-state index is 12.0. The van der Waals surface area contributed by atoms with Gasteiger partial charge in [0.05, 0.1) is 10.2 Å². The molecule has 0 spiro atoms. The van der Waals surface area contributed by atoms with Crippen molar-refractivity contribution in [2.75, 3.05) is 18.0 Å². The van der Waals surface area contributed by atoms with Gasteiger partial charge in [-0.25, -0.2) is 4.98 Å². The van der Waals surface area contributed by atoms with Gasteiger partial charge in [-0.2, -0.15) is 0 Å². The molecule has 1 saturated heterocycles. The van der Waals surface area contributed by atoms with E-state index in [2.05, 4.69) is 15.0 Å². The molecule has 2 heterocycles. The van der Waals surface area contributed by atoms with Crippen LogP contribution in [0.3, 0.4) is 0 Å². The first kappa shape index (κ1) is 12.0. The molecule has 0 saturated carbocycles. The number of rotatable bonds is 3. The number of thiazole rings is 1. The van der Waals surface area contributed by atoms with Gasteiger partial charge in [-0.15, -0.1) is 0 Å². The number of azide groups is 1. The first-order valence-corrected chi connectivity index (χ1v) is 6.76. The van der Waals surface area contributed by atoms with Crippen LogP contribution in [0.25, 0.3) is 20.7 Å². The van der Waals surface area contributed by atoms with Gasteiger partial charge in [0.25, 0.3) is 0 Å². The molecule has 6 nitrogen and oxygen atoms in total. The fourth-order valence-corrected chi connectivity index (χ4v) is 3.21. The zero-order valence-electron chi connectivity index (χ0n) is 10.1. The minimum atomic E-state index is 0.0530. The van der Waals surface area contributed by atoms with Gasteiger partial charge in [0.2, 0.25) is 5.91 Å². The van der Waals surface area contributed by atoms with Crippen molar-refractivity contribution in [2.45, 2.75) is 6.42 Å². The van der Waals surface area contributed by atoms with Crippen molar-refractivity contribution in [3.63, 3.8) is 0 Å². The lowest BCUT2D eigenvalue weighted by atomic mass is 10.1. The maximum atomic E-state index is 12.0. The summed E-state index contributed by atoms with van der Waals surface area (Å²) >= 11 is 1.51. The number of hydrogen-bond acceptors (Lipinski definition) is 4. The van der Waals surface area contributed by atoms with Crippen LogP contribution in [0, 0.1) is 5.92 Å². The standard InChI is InChI=1S/C12H11N5OS/c13-16-14-6-8-5-11(18)17(7-8)12-15-9-3-1-2-4-10(9)19-12/h1-4,8H,5-7H2. The molecule has 0 bridgehead atoms. The molecule has 1 aromatic carbocycles. The van der Waals surface area contributed by atoms with Gasteiger partial charge in [-0.1, -0.05) is 28.6 Å². The molecule has 1 aliphatic rings. The van der Waals surface area contributed by atoms with Crippen molar-refractivity contribution >= 4 is 32.6 Å². The predicted octanol–water partition coefficient (Wildman–Crippen LogP) is 2.96. The molecule has 1 atom stereocenters. The van der Waals surface area contributed by atoms with E-state index >= 15 is 0 Å². The van der Waals surface area contributed by atoms with Crippen LogP contribution < -0.4 is 4.90 Å². The molecule has 1 amide bonds. The van der Waals surface area contributed by atoms with Gasteiger partial charge < -0.3 is 0 Å². The molecule has 1 aliphatic heterocycles. The second kappa shape index (κ2) is 4.87. The van der Waals surface area contributed by atoms with Gasteiger partial charge in [-0.3, -0.25) is 9.69 Å². The van der Waals surface area contributed by atoms with E-state index < -0.39 is 0 Å². The second-order valence-electron chi connectivity index (χ2n) is 4.45. The van der Waals surface area contributed by atoms with Crippen LogP contribution in [-0.2, 0) is 4.79 Å². The molecule has 0 radical (unpaired) electrons. The molecule has 1 fully saturated rings. The quantitative estimate of drug-likeness (QED) is 0.489. The lowest BCUT2D eigenvalue weighted by Gasteiger charge is -2.11. The van der Waals surface area contributed by atoms with E-state index in [1.54, 1.807) is 4.90 Å². The summed E-state index contributed by atoms with van der Waals surface area (Å²) in [6, 6.07) is 7.82. The van der Waals surface area contributed by atoms with Crippen molar-refractivity contribution in [2.24, 2.45) is 11.0 Å². The Morgan fingerprint density at radius 1 is 1.53 bits per heavy atom. The molecule has 7 heteroatoms. The van der Waals surface area contributed by atoms with Gasteiger partial charge in [0, 0.05) is 24.4 Å². The van der Waals surface area contributed by atoms with Crippen molar-refractivity contribution < 1.29 is 4.79 Å². The highest BCUT2D eigenvalue weighted by molar-refractivity contribution is 7.22. The van der Waals surface area contributed by atoms with Crippen LogP contribution in [-0.4, -0.2) is 24.0 Å². The Morgan fingerprint density at radius 2 is 2.37 bits per heavy atom. The summed E-state index contributed by atoms with van der Waals surface area (Å²) in [5, 5.41) is 4.27. The number of anilines is 1. The van der Waals surface area contributed by atoms with Gasteiger partial charge in [0.1, 0.15) is 0 Å². The smallest absolute Gasteiger partial charge is 0.229 e. The van der Waals surface area contributed by atoms with E-state index in [1.807, 2.05) is 24.3 Å². The topological polar surface area (TPSA) is 82.0 Å². The summed E-state index contributed by atoms with van der Waals surface area (Å²) in [6.07, 6.45) is 0.426. The van der Waals surface area contributed by atoms with Crippen molar-refractivity contribution in [3.8, 4) is 0 Å². The number of nitrogens with zero attached hydrogens (tertiary/aromatic N) is 5. The number of hydrogen-bond donors (Lipinski definition) is 0. The third kappa shape index (κ3) is 2.25. The summed E-state index contributed by atoms with van der Waals surface area (Å²) in [4.78, 5) is 20.9. The highest BCUT2D eigenvalue weighted by Crippen LogP contribution is 2.32. The van der Waals surface area contributed by atoms with Crippen LogP contribution in [0.15, 0.2) is 29.4 Å². The summed E-state index contributed by atoms with van der Waals surface area (Å²) < 4.78 is 1.07. The third-order valence-corrected chi connectivity index (χ3v) is 4.18. The van der Waals surface area contributed by atoms with Gasteiger partial charge in [-0.05, 0) is 23.6 Å². The number of benzene rings is 1. The highest BCUT2D eigenvalue weighted by atomic mass is 32.1. The Kier molecular flexibility index (Phi) is 3.06. The van der Waals surface area contributed by atoms with Crippen molar-refractivity contribution in [1.29, 1.82) is 0 Å². The normalized spacial score (nSPS) is 18.8. The van der Waals surface area contributed by atoms with Crippen LogP contribution in [0.4, 0.5) is 5.13 Å². The van der Waals surface area contributed by atoms with Crippen LogP contribution in [0.1, 0.15) is 6.42 Å². The Morgan fingerprint density at radius 3 is 3.16 bits per heavy atom. The number of carbonyl (C=O) groups is 1. The zero-order valence-corrected chi connectivity index (χ0v) is 10.9. The lowest BCUT2D eigenvalue weighted by Crippen LogP contribution is -2.24. The fourth-order valence-electron chi connectivity index (χ4n) is 2.22. The highest BCUT2D eigenvalue weighted by Gasteiger charge is 2.31. The Hall–Kier alpha value is -2.11. The fraction of sp³-hybridized carbons (Fsp3) is 0.333. The molecular formula is C12H11N5OS. The van der Waals surface area contributed by atoms with E-state index in [0.29, 0.717) is 19.5 Å². The molecule has 2 aromatic rings. The molecular weight excluding hydrogens is 262 g/mol. The number of aromatic nitrogens is 1. The van der Waals surface area contributed by atoms with Crippen LogP contribution >= 0.6 is 11.3 Å². The van der Waals surface area contributed by atoms with Crippen LogP contribution in [0.2, 0.25) is 0 Å². The van der Waals surface area contributed by atoms with E-state index in [-0.39, 0.29) is 11.8 Å². The average Bonchev–Trinajstić information content (AvgIpc) is 2.99. The first-order chi connectivity index (χ1) is 9.28. The van der Waals surface area contributed by atoms with E-state index in [0.717, 1.165) is 15.3 Å². The van der Waals surface area contributed by atoms with Crippen LogP contribution in [0.5, 0.6) is 0 Å². The van der Waals surface area contributed by atoms with Crippen molar-refractivity contribution in [1.82, 2.24) is 4.98 Å². The molecule has 1 aromatic heterocycles. The average molecular weight is 273 g/mol. The minimum absolute atomic E-state index is 0.0530. The molecule has 3 rings (SSSR count). The summed E-state index contributed by atoms with van der Waals surface area (Å²) in [5.74, 6) is 0.146. The number of carbonyl (C=O) groups excluding carboxylic acids is 1. The van der Waals surface area contributed by atoms with Gasteiger partial charge in [0.15, 0.2) is 5.13 Å². The SMILES string of the molecule is [N-]=[N+]=NCC1CC(=O)N(c2nc3ccccc3s2)C1. The monoisotopic (exact) mass is 273 g/mol. The Bertz CT molecular complexity index is 643. The molecule has 0 aliphatic carbocycles. The predicted molar refractivity (Wildman–Crippen MR) is 74.1 cm³/mol. The first-order valence-electron chi connectivity index (χ1n) is 5.94. The molecule has 0 N–H and O–H groups in total.